The molecule has 0 saturated carbocycles. The second-order valence-corrected chi connectivity index (χ2v) is 6.11. The van der Waals surface area contributed by atoms with Gasteiger partial charge in [-0.3, -0.25) is 0 Å². The SMILES string of the molecule is CSCC(C)(O)CNC1CCc2cc(F)ccc21. The Morgan fingerprint density at radius 2 is 2.33 bits per heavy atom. The fraction of sp³-hybridized carbons (Fsp3) is 0.571. The normalized spacial score (nSPS) is 21.7. The smallest absolute Gasteiger partial charge is 0.123 e. The number of rotatable bonds is 5. The number of hydrogen-bond donors (Lipinski definition) is 2. The van der Waals surface area contributed by atoms with Crippen molar-refractivity contribution in [1.29, 1.82) is 0 Å². The molecule has 0 spiro atoms. The molecule has 1 aliphatic rings. The van der Waals surface area contributed by atoms with Gasteiger partial charge in [0.25, 0.3) is 0 Å². The molecule has 2 unspecified atom stereocenters. The van der Waals surface area contributed by atoms with Crippen molar-refractivity contribution >= 4 is 11.8 Å². The van der Waals surface area contributed by atoms with Crippen LogP contribution in [0.5, 0.6) is 0 Å². The largest absolute Gasteiger partial charge is 0.388 e. The fourth-order valence-corrected chi connectivity index (χ4v) is 3.23. The highest BCUT2D eigenvalue weighted by Gasteiger charge is 2.26. The molecule has 1 aromatic rings. The summed E-state index contributed by atoms with van der Waals surface area (Å²) in [6.45, 7) is 2.41. The molecular weight excluding hydrogens is 249 g/mol. The number of aryl methyl sites for hydroxylation is 1. The molecule has 0 aromatic heterocycles. The average molecular weight is 269 g/mol. The lowest BCUT2D eigenvalue weighted by atomic mass is 10.1. The first kappa shape index (κ1) is 13.8. The maximum absolute atomic E-state index is 13.1. The first-order chi connectivity index (χ1) is 8.52. The van der Waals surface area contributed by atoms with Gasteiger partial charge in [0.1, 0.15) is 5.82 Å². The van der Waals surface area contributed by atoms with Crippen molar-refractivity contribution in [1.82, 2.24) is 5.32 Å². The molecule has 100 valence electrons. The third-order valence-corrected chi connectivity index (χ3v) is 4.28. The molecule has 2 N–H and O–H groups in total. The van der Waals surface area contributed by atoms with Gasteiger partial charge in [-0.1, -0.05) is 6.07 Å². The molecule has 2 rings (SSSR count). The van der Waals surface area contributed by atoms with Crippen LogP contribution in [-0.2, 0) is 6.42 Å². The van der Waals surface area contributed by atoms with E-state index < -0.39 is 5.60 Å². The van der Waals surface area contributed by atoms with Crippen molar-refractivity contribution in [2.45, 2.75) is 31.4 Å². The van der Waals surface area contributed by atoms with Crippen LogP contribution in [0.4, 0.5) is 4.39 Å². The summed E-state index contributed by atoms with van der Waals surface area (Å²) in [5.41, 5.74) is 1.58. The highest BCUT2D eigenvalue weighted by Crippen LogP contribution is 2.31. The van der Waals surface area contributed by atoms with E-state index in [9.17, 15) is 9.50 Å². The summed E-state index contributed by atoms with van der Waals surface area (Å²) >= 11 is 1.64. The van der Waals surface area contributed by atoms with Gasteiger partial charge >= 0.3 is 0 Å². The quantitative estimate of drug-likeness (QED) is 0.861. The summed E-state index contributed by atoms with van der Waals surface area (Å²) in [4.78, 5) is 0. The van der Waals surface area contributed by atoms with Crippen LogP contribution in [-0.4, -0.2) is 29.3 Å². The van der Waals surface area contributed by atoms with Crippen molar-refractivity contribution < 1.29 is 9.50 Å². The number of thioether (sulfide) groups is 1. The van der Waals surface area contributed by atoms with E-state index in [1.807, 2.05) is 19.2 Å². The number of nitrogens with one attached hydrogen (secondary N) is 1. The molecule has 1 aliphatic carbocycles. The first-order valence-electron chi connectivity index (χ1n) is 6.25. The molecule has 18 heavy (non-hydrogen) atoms. The minimum Gasteiger partial charge on any atom is -0.388 e. The minimum absolute atomic E-state index is 0.163. The van der Waals surface area contributed by atoms with E-state index in [1.54, 1.807) is 17.8 Å². The molecule has 2 atom stereocenters. The van der Waals surface area contributed by atoms with Gasteiger partial charge in [0, 0.05) is 18.3 Å². The topological polar surface area (TPSA) is 32.3 Å². The van der Waals surface area contributed by atoms with Gasteiger partial charge in [0.15, 0.2) is 0 Å². The maximum Gasteiger partial charge on any atom is 0.123 e. The molecule has 2 nitrogen and oxygen atoms in total. The van der Waals surface area contributed by atoms with Crippen LogP contribution >= 0.6 is 11.8 Å². The van der Waals surface area contributed by atoms with Gasteiger partial charge in [-0.25, -0.2) is 4.39 Å². The Morgan fingerprint density at radius 1 is 1.56 bits per heavy atom. The summed E-state index contributed by atoms with van der Waals surface area (Å²) in [6, 6.07) is 5.24. The fourth-order valence-electron chi connectivity index (χ4n) is 2.50. The van der Waals surface area contributed by atoms with Crippen molar-refractivity contribution in [3.63, 3.8) is 0 Å². The summed E-state index contributed by atoms with van der Waals surface area (Å²) in [5, 5.41) is 13.5. The Bertz CT molecular complexity index is 422. The molecule has 4 heteroatoms. The van der Waals surface area contributed by atoms with Gasteiger partial charge in [-0.15, -0.1) is 0 Å². The van der Waals surface area contributed by atoms with Gasteiger partial charge in [0.2, 0.25) is 0 Å². The van der Waals surface area contributed by atoms with Crippen LogP contribution in [0.15, 0.2) is 18.2 Å². The maximum atomic E-state index is 13.1. The van der Waals surface area contributed by atoms with E-state index in [0.29, 0.717) is 12.3 Å². The Hall–Kier alpha value is -0.580. The van der Waals surface area contributed by atoms with Crippen LogP contribution in [0, 0.1) is 5.82 Å². The monoisotopic (exact) mass is 269 g/mol. The Balaban J connectivity index is 1.98. The Kier molecular flexibility index (Phi) is 4.30. The third-order valence-electron chi connectivity index (χ3n) is 3.37. The van der Waals surface area contributed by atoms with E-state index in [1.165, 1.54) is 11.6 Å². The third kappa shape index (κ3) is 3.25. The molecule has 0 aliphatic heterocycles. The lowest BCUT2D eigenvalue weighted by molar-refractivity contribution is 0.0814. The van der Waals surface area contributed by atoms with E-state index in [-0.39, 0.29) is 11.9 Å². The second kappa shape index (κ2) is 5.59. The molecule has 0 fully saturated rings. The standard InChI is InChI=1S/C14H20FNOS/c1-14(17,9-18-2)8-16-13-6-3-10-7-11(15)4-5-12(10)13/h4-5,7,13,16-17H,3,6,8-9H2,1-2H3. The van der Waals surface area contributed by atoms with Crippen molar-refractivity contribution in [2.24, 2.45) is 0 Å². The molecule has 1 aromatic carbocycles. The summed E-state index contributed by atoms with van der Waals surface area (Å²) < 4.78 is 13.1. The lowest BCUT2D eigenvalue weighted by Gasteiger charge is -2.25. The van der Waals surface area contributed by atoms with Crippen LogP contribution in [0.1, 0.15) is 30.5 Å². The number of hydrogen-bond acceptors (Lipinski definition) is 3. The Labute approximate surface area is 112 Å². The van der Waals surface area contributed by atoms with Crippen LogP contribution < -0.4 is 5.32 Å². The summed E-state index contributed by atoms with van der Waals surface area (Å²) in [7, 11) is 0. The molecule has 0 bridgehead atoms. The first-order valence-corrected chi connectivity index (χ1v) is 7.64. The van der Waals surface area contributed by atoms with Gasteiger partial charge in [0.05, 0.1) is 5.60 Å². The molecular formula is C14H20FNOS. The molecule has 0 heterocycles. The van der Waals surface area contributed by atoms with Gasteiger partial charge in [-0.2, -0.15) is 11.8 Å². The van der Waals surface area contributed by atoms with Crippen molar-refractivity contribution in [3.05, 3.63) is 35.1 Å². The zero-order chi connectivity index (χ0) is 13.2. The van der Waals surface area contributed by atoms with Crippen molar-refractivity contribution in [3.8, 4) is 0 Å². The predicted molar refractivity (Wildman–Crippen MR) is 74.5 cm³/mol. The lowest BCUT2D eigenvalue weighted by Crippen LogP contribution is -2.41. The van der Waals surface area contributed by atoms with Gasteiger partial charge < -0.3 is 10.4 Å². The minimum atomic E-state index is -0.692. The number of halogens is 1. The van der Waals surface area contributed by atoms with Gasteiger partial charge in [-0.05, 0) is 49.3 Å². The highest BCUT2D eigenvalue weighted by atomic mass is 32.2. The number of benzene rings is 1. The molecule has 0 radical (unpaired) electrons. The average Bonchev–Trinajstić information content (AvgIpc) is 2.68. The second-order valence-electron chi connectivity index (χ2n) is 5.25. The Morgan fingerprint density at radius 3 is 3.06 bits per heavy atom. The van der Waals surface area contributed by atoms with E-state index >= 15 is 0 Å². The number of fused-ring (bicyclic) bond motifs is 1. The van der Waals surface area contributed by atoms with Crippen LogP contribution in [0.2, 0.25) is 0 Å². The van der Waals surface area contributed by atoms with Crippen LogP contribution in [0.25, 0.3) is 0 Å². The predicted octanol–water partition coefficient (Wildman–Crippen LogP) is 2.52. The summed E-state index contributed by atoms with van der Waals surface area (Å²) in [5.74, 6) is 0.548. The van der Waals surface area contributed by atoms with Crippen LogP contribution in [0.3, 0.4) is 0 Å². The molecule has 0 amide bonds. The zero-order valence-corrected chi connectivity index (χ0v) is 11.7. The number of aliphatic hydroxyl groups is 1. The van der Waals surface area contributed by atoms with E-state index in [2.05, 4.69) is 5.32 Å². The molecule has 0 saturated heterocycles. The highest BCUT2D eigenvalue weighted by molar-refractivity contribution is 7.98. The van der Waals surface area contributed by atoms with E-state index in [4.69, 9.17) is 0 Å². The zero-order valence-electron chi connectivity index (χ0n) is 10.9. The van der Waals surface area contributed by atoms with E-state index in [0.717, 1.165) is 18.4 Å². The summed E-state index contributed by atoms with van der Waals surface area (Å²) in [6.07, 6.45) is 3.88. The van der Waals surface area contributed by atoms with Crippen molar-refractivity contribution in [2.75, 3.05) is 18.6 Å².